The molecule has 0 radical (unpaired) electrons. The molecule has 3 aromatic carbocycles. The highest BCUT2D eigenvalue weighted by molar-refractivity contribution is 5.92. The zero-order valence-electron chi connectivity index (χ0n) is 16.3. The number of hydrogen-bond donors (Lipinski definition) is 0. The minimum absolute atomic E-state index is 0.187. The van der Waals surface area contributed by atoms with Crippen LogP contribution in [0.2, 0.25) is 0 Å². The SMILES string of the molecule is Cc1ccc(-c2nc3c4ccccc4n(Cc4ccccc4C)c(=O)n3n2)cc1. The molecular weight excluding hydrogens is 360 g/mol. The molecule has 2 aromatic heterocycles. The average Bonchev–Trinajstić information content (AvgIpc) is 3.19. The van der Waals surface area contributed by atoms with Crippen LogP contribution in [0, 0.1) is 13.8 Å². The maximum atomic E-state index is 13.4. The molecule has 0 atom stereocenters. The van der Waals surface area contributed by atoms with Crippen molar-refractivity contribution >= 4 is 16.6 Å². The van der Waals surface area contributed by atoms with Gasteiger partial charge in [-0.1, -0.05) is 66.2 Å². The highest BCUT2D eigenvalue weighted by Gasteiger charge is 2.16. The zero-order chi connectivity index (χ0) is 20.0. The Hall–Kier alpha value is -3.73. The molecule has 2 heterocycles. The highest BCUT2D eigenvalue weighted by atomic mass is 16.2. The van der Waals surface area contributed by atoms with Gasteiger partial charge in [0, 0.05) is 10.9 Å². The van der Waals surface area contributed by atoms with Crippen molar-refractivity contribution in [1.29, 1.82) is 0 Å². The lowest BCUT2D eigenvalue weighted by Gasteiger charge is -2.12. The Morgan fingerprint density at radius 3 is 2.38 bits per heavy atom. The van der Waals surface area contributed by atoms with Crippen LogP contribution >= 0.6 is 0 Å². The molecule has 0 amide bonds. The third kappa shape index (κ3) is 2.91. The Kier molecular flexibility index (Phi) is 4.02. The van der Waals surface area contributed by atoms with Gasteiger partial charge in [-0.05, 0) is 37.1 Å². The first kappa shape index (κ1) is 17.4. The van der Waals surface area contributed by atoms with E-state index in [0.717, 1.165) is 27.6 Å². The second-order valence-corrected chi connectivity index (χ2v) is 7.35. The van der Waals surface area contributed by atoms with Crippen molar-refractivity contribution in [3.05, 3.63) is 100.0 Å². The van der Waals surface area contributed by atoms with Crippen LogP contribution in [0.5, 0.6) is 0 Å². The maximum Gasteiger partial charge on any atom is 0.351 e. The lowest BCUT2D eigenvalue weighted by molar-refractivity contribution is 0.714. The van der Waals surface area contributed by atoms with Crippen LogP contribution in [0.3, 0.4) is 0 Å². The van der Waals surface area contributed by atoms with Gasteiger partial charge in [-0.25, -0.2) is 9.78 Å². The summed E-state index contributed by atoms with van der Waals surface area (Å²) >= 11 is 0. The van der Waals surface area contributed by atoms with Gasteiger partial charge in [-0.3, -0.25) is 4.57 Å². The van der Waals surface area contributed by atoms with Crippen molar-refractivity contribution in [3.8, 4) is 11.4 Å². The number of hydrogen-bond acceptors (Lipinski definition) is 3. The van der Waals surface area contributed by atoms with Crippen LogP contribution < -0.4 is 5.69 Å². The topological polar surface area (TPSA) is 52.2 Å². The second kappa shape index (κ2) is 6.71. The highest BCUT2D eigenvalue weighted by Crippen LogP contribution is 2.22. The van der Waals surface area contributed by atoms with Crippen molar-refractivity contribution in [3.63, 3.8) is 0 Å². The normalized spacial score (nSPS) is 11.4. The fourth-order valence-electron chi connectivity index (χ4n) is 3.67. The third-order valence-corrected chi connectivity index (χ3v) is 5.35. The van der Waals surface area contributed by atoms with Crippen LogP contribution in [0.1, 0.15) is 16.7 Å². The van der Waals surface area contributed by atoms with E-state index in [1.54, 1.807) is 4.57 Å². The van der Waals surface area contributed by atoms with E-state index in [0.29, 0.717) is 18.0 Å². The van der Waals surface area contributed by atoms with Gasteiger partial charge in [0.05, 0.1) is 12.1 Å². The van der Waals surface area contributed by atoms with Crippen molar-refractivity contribution in [2.24, 2.45) is 0 Å². The van der Waals surface area contributed by atoms with Crippen molar-refractivity contribution in [1.82, 2.24) is 19.2 Å². The van der Waals surface area contributed by atoms with E-state index in [9.17, 15) is 4.79 Å². The van der Waals surface area contributed by atoms with Gasteiger partial charge in [0.25, 0.3) is 0 Å². The van der Waals surface area contributed by atoms with Gasteiger partial charge < -0.3 is 0 Å². The fourth-order valence-corrected chi connectivity index (χ4v) is 3.67. The first-order valence-corrected chi connectivity index (χ1v) is 9.62. The summed E-state index contributed by atoms with van der Waals surface area (Å²) in [6.45, 7) is 4.59. The first-order valence-electron chi connectivity index (χ1n) is 9.62. The lowest BCUT2D eigenvalue weighted by Crippen LogP contribution is -2.28. The molecule has 5 rings (SSSR count). The van der Waals surface area contributed by atoms with E-state index < -0.39 is 0 Å². The summed E-state index contributed by atoms with van der Waals surface area (Å²) in [6, 6.07) is 24.0. The summed E-state index contributed by atoms with van der Waals surface area (Å²) in [7, 11) is 0. The van der Waals surface area contributed by atoms with E-state index in [4.69, 9.17) is 4.98 Å². The van der Waals surface area contributed by atoms with E-state index >= 15 is 0 Å². The Labute approximate surface area is 167 Å². The van der Waals surface area contributed by atoms with E-state index in [1.807, 2.05) is 67.6 Å². The van der Waals surface area contributed by atoms with Gasteiger partial charge in [-0.15, -0.1) is 5.10 Å². The van der Waals surface area contributed by atoms with E-state index in [-0.39, 0.29) is 5.69 Å². The molecule has 5 heteroatoms. The number of fused-ring (bicyclic) bond motifs is 3. The minimum Gasteiger partial charge on any atom is -0.287 e. The molecule has 5 nitrogen and oxygen atoms in total. The molecule has 5 aromatic rings. The first-order chi connectivity index (χ1) is 14.1. The van der Waals surface area contributed by atoms with Crippen LogP contribution in [0.25, 0.3) is 27.9 Å². The van der Waals surface area contributed by atoms with Crippen molar-refractivity contribution < 1.29 is 0 Å². The predicted octanol–water partition coefficient (Wildman–Crippen LogP) is 4.38. The Morgan fingerprint density at radius 1 is 0.862 bits per heavy atom. The van der Waals surface area contributed by atoms with E-state index in [2.05, 4.69) is 24.2 Å². The van der Waals surface area contributed by atoms with E-state index in [1.165, 1.54) is 10.1 Å². The Balaban J connectivity index is 1.77. The lowest BCUT2D eigenvalue weighted by atomic mass is 10.1. The minimum atomic E-state index is -0.187. The van der Waals surface area contributed by atoms with Gasteiger partial charge >= 0.3 is 5.69 Å². The molecule has 0 aliphatic heterocycles. The molecule has 0 bridgehead atoms. The number of nitrogens with zero attached hydrogens (tertiary/aromatic N) is 4. The molecule has 0 spiro atoms. The smallest absolute Gasteiger partial charge is 0.287 e. The Morgan fingerprint density at radius 2 is 1.59 bits per heavy atom. The van der Waals surface area contributed by atoms with Gasteiger partial charge in [0.1, 0.15) is 0 Å². The summed E-state index contributed by atoms with van der Waals surface area (Å²) in [5, 5.41) is 5.47. The summed E-state index contributed by atoms with van der Waals surface area (Å²) in [5.74, 6) is 0.556. The molecule has 0 fully saturated rings. The summed E-state index contributed by atoms with van der Waals surface area (Å²) < 4.78 is 3.20. The standard InChI is InChI=1S/C24H20N4O/c1-16-11-13-18(14-12-16)22-25-23-20-9-5-6-10-21(20)27(24(29)28(23)26-22)15-19-8-4-3-7-17(19)2/h3-14H,15H2,1-2H3. The van der Waals surface area contributed by atoms with Crippen molar-refractivity contribution in [2.45, 2.75) is 20.4 Å². The van der Waals surface area contributed by atoms with Gasteiger partial charge in [0.2, 0.25) is 0 Å². The van der Waals surface area contributed by atoms with Gasteiger partial charge in [-0.2, -0.15) is 4.52 Å². The third-order valence-electron chi connectivity index (χ3n) is 5.35. The van der Waals surface area contributed by atoms with Gasteiger partial charge in [0.15, 0.2) is 11.5 Å². The monoisotopic (exact) mass is 380 g/mol. The summed E-state index contributed by atoms with van der Waals surface area (Å²) in [5.41, 5.74) is 5.59. The molecule has 0 aliphatic carbocycles. The number of benzene rings is 3. The molecule has 0 unspecified atom stereocenters. The predicted molar refractivity (Wildman–Crippen MR) is 115 cm³/mol. The maximum absolute atomic E-state index is 13.4. The largest absolute Gasteiger partial charge is 0.351 e. The molecule has 0 saturated carbocycles. The molecular formula is C24H20N4O. The summed E-state index contributed by atoms with van der Waals surface area (Å²) in [4.78, 5) is 18.1. The summed E-state index contributed by atoms with van der Waals surface area (Å²) in [6.07, 6.45) is 0. The number of para-hydroxylation sites is 1. The van der Waals surface area contributed by atoms with Crippen LogP contribution in [0.4, 0.5) is 0 Å². The molecule has 0 N–H and O–H groups in total. The molecule has 0 aliphatic rings. The zero-order valence-corrected chi connectivity index (χ0v) is 16.3. The number of aromatic nitrogens is 4. The molecule has 142 valence electrons. The van der Waals surface area contributed by atoms with Crippen LogP contribution in [-0.4, -0.2) is 19.2 Å². The number of rotatable bonds is 3. The van der Waals surface area contributed by atoms with Crippen molar-refractivity contribution in [2.75, 3.05) is 0 Å². The average molecular weight is 380 g/mol. The van der Waals surface area contributed by atoms with Crippen LogP contribution in [-0.2, 0) is 6.54 Å². The number of aryl methyl sites for hydroxylation is 2. The Bertz CT molecular complexity index is 1410. The second-order valence-electron chi connectivity index (χ2n) is 7.35. The molecule has 29 heavy (non-hydrogen) atoms. The van der Waals surface area contributed by atoms with Crippen LogP contribution in [0.15, 0.2) is 77.6 Å². The molecule has 0 saturated heterocycles. The fraction of sp³-hybridized carbons (Fsp3) is 0.125. The quantitative estimate of drug-likeness (QED) is 0.467.